The summed E-state index contributed by atoms with van der Waals surface area (Å²) in [7, 11) is 1.95. The van der Waals surface area contributed by atoms with Gasteiger partial charge in [0.2, 0.25) is 0 Å². The summed E-state index contributed by atoms with van der Waals surface area (Å²) in [5.74, 6) is 0.865. The molecule has 5 heteroatoms. The Labute approximate surface area is 129 Å². The van der Waals surface area contributed by atoms with Gasteiger partial charge >= 0.3 is 0 Å². The van der Waals surface area contributed by atoms with Crippen molar-refractivity contribution in [3.63, 3.8) is 0 Å². The zero-order valence-electron chi connectivity index (χ0n) is 12.6. The molecule has 1 heterocycles. The van der Waals surface area contributed by atoms with Crippen LogP contribution in [-0.4, -0.2) is 18.6 Å². The van der Waals surface area contributed by atoms with Crippen LogP contribution in [0.15, 0.2) is 24.3 Å². The SMILES string of the molecule is CNCc1sc(CCOc2ccc(F)cc2)nc1C(C)C. The van der Waals surface area contributed by atoms with Crippen molar-refractivity contribution >= 4 is 11.3 Å². The van der Waals surface area contributed by atoms with Gasteiger partial charge in [-0.25, -0.2) is 9.37 Å². The summed E-state index contributed by atoms with van der Waals surface area (Å²) in [6, 6.07) is 6.09. The third-order valence-electron chi connectivity index (χ3n) is 3.05. The van der Waals surface area contributed by atoms with Crippen molar-refractivity contribution in [3.05, 3.63) is 45.7 Å². The van der Waals surface area contributed by atoms with Crippen LogP contribution >= 0.6 is 11.3 Å². The molecule has 0 bridgehead atoms. The largest absolute Gasteiger partial charge is 0.493 e. The average Bonchev–Trinajstić information content (AvgIpc) is 2.85. The molecule has 1 aromatic heterocycles. The van der Waals surface area contributed by atoms with Gasteiger partial charge in [-0.15, -0.1) is 11.3 Å². The first-order chi connectivity index (χ1) is 10.1. The van der Waals surface area contributed by atoms with Crippen LogP contribution < -0.4 is 10.1 Å². The van der Waals surface area contributed by atoms with Crippen molar-refractivity contribution in [2.45, 2.75) is 32.7 Å². The molecule has 0 saturated carbocycles. The van der Waals surface area contributed by atoms with E-state index in [0.29, 0.717) is 18.3 Å². The number of hydrogen-bond acceptors (Lipinski definition) is 4. The highest BCUT2D eigenvalue weighted by molar-refractivity contribution is 7.11. The van der Waals surface area contributed by atoms with E-state index >= 15 is 0 Å². The molecule has 0 spiro atoms. The smallest absolute Gasteiger partial charge is 0.123 e. The summed E-state index contributed by atoms with van der Waals surface area (Å²) in [4.78, 5) is 6.01. The fraction of sp³-hybridized carbons (Fsp3) is 0.438. The van der Waals surface area contributed by atoms with Crippen molar-refractivity contribution < 1.29 is 9.13 Å². The van der Waals surface area contributed by atoms with Gasteiger partial charge in [0.15, 0.2) is 0 Å². The molecular weight excluding hydrogens is 287 g/mol. The maximum Gasteiger partial charge on any atom is 0.123 e. The van der Waals surface area contributed by atoms with Crippen LogP contribution in [-0.2, 0) is 13.0 Å². The molecule has 21 heavy (non-hydrogen) atoms. The van der Waals surface area contributed by atoms with Crippen molar-refractivity contribution in [1.29, 1.82) is 0 Å². The van der Waals surface area contributed by atoms with Gasteiger partial charge in [0.25, 0.3) is 0 Å². The van der Waals surface area contributed by atoms with E-state index in [0.717, 1.165) is 18.0 Å². The number of ether oxygens (including phenoxy) is 1. The van der Waals surface area contributed by atoms with E-state index in [-0.39, 0.29) is 5.82 Å². The summed E-state index contributed by atoms with van der Waals surface area (Å²) in [5.41, 5.74) is 1.17. The highest BCUT2D eigenvalue weighted by atomic mass is 32.1. The maximum absolute atomic E-state index is 12.8. The van der Waals surface area contributed by atoms with E-state index in [2.05, 4.69) is 19.2 Å². The summed E-state index contributed by atoms with van der Waals surface area (Å²) in [6.45, 7) is 5.72. The molecule has 0 atom stereocenters. The minimum Gasteiger partial charge on any atom is -0.493 e. The molecule has 1 N–H and O–H groups in total. The molecule has 0 unspecified atom stereocenters. The van der Waals surface area contributed by atoms with Crippen LogP contribution in [0.2, 0.25) is 0 Å². The molecule has 1 aromatic carbocycles. The third kappa shape index (κ3) is 4.51. The van der Waals surface area contributed by atoms with E-state index in [9.17, 15) is 4.39 Å². The Morgan fingerprint density at radius 3 is 2.62 bits per heavy atom. The zero-order valence-corrected chi connectivity index (χ0v) is 13.5. The average molecular weight is 308 g/mol. The first-order valence-electron chi connectivity index (χ1n) is 7.11. The van der Waals surface area contributed by atoms with E-state index in [4.69, 9.17) is 9.72 Å². The van der Waals surface area contributed by atoms with E-state index in [1.54, 1.807) is 23.5 Å². The van der Waals surface area contributed by atoms with Crippen molar-refractivity contribution in [1.82, 2.24) is 10.3 Å². The second-order valence-corrected chi connectivity index (χ2v) is 6.32. The Balaban J connectivity index is 1.93. The van der Waals surface area contributed by atoms with E-state index in [1.807, 2.05) is 7.05 Å². The van der Waals surface area contributed by atoms with Gasteiger partial charge in [0.1, 0.15) is 11.6 Å². The molecule has 2 rings (SSSR count). The lowest BCUT2D eigenvalue weighted by atomic mass is 10.1. The van der Waals surface area contributed by atoms with Gasteiger partial charge in [-0.2, -0.15) is 0 Å². The number of rotatable bonds is 7. The molecule has 0 fully saturated rings. The number of halogens is 1. The molecule has 114 valence electrons. The van der Waals surface area contributed by atoms with Gasteiger partial charge < -0.3 is 10.1 Å². The summed E-state index contributed by atoms with van der Waals surface area (Å²) >= 11 is 1.74. The fourth-order valence-electron chi connectivity index (χ4n) is 2.05. The van der Waals surface area contributed by atoms with Crippen LogP contribution in [0.1, 0.15) is 35.3 Å². The Morgan fingerprint density at radius 1 is 1.29 bits per heavy atom. The third-order valence-corrected chi connectivity index (χ3v) is 4.19. The molecule has 0 amide bonds. The van der Waals surface area contributed by atoms with Gasteiger partial charge in [0.05, 0.1) is 17.3 Å². The molecule has 0 aliphatic carbocycles. The normalized spacial score (nSPS) is 11.1. The van der Waals surface area contributed by atoms with Gasteiger partial charge in [-0.1, -0.05) is 13.8 Å². The molecular formula is C16H21FN2OS. The Morgan fingerprint density at radius 2 is 2.00 bits per heavy atom. The highest BCUT2D eigenvalue weighted by Gasteiger charge is 2.13. The molecule has 2 aromatic rings. The van der Waals surface area contributed by atoms with Crippen LogP contribution in [0, 0.1) is 5.82 Å². The summed E-state index contributed by atoms with van der Waals surface area (Å²) in [6.07, 6.45) is 0.769. The van der Waals surface area contributed by atoms with Crippen LogP contribution in [0.25, 0.3) is 0 Å². The molecule has 0 radical (unpaired) electrons. The van der Waals surface area contributed by atoms with Crippen molar-refractivity contribution in [2.24, 2.45) is 0 Å². The van der Waals surface area contributed by atoms with E-state index < -0.39 is 0 Å². The fourth-order valence-corrected chi connectivity index (χ4v) is 3.26. The minimum absolute atomic E-state index is 0.249. The summed E-state index contributed by atoms with van der Waals surface area (Å²) in [5, 5.41) is 4.27. The minimum atomic E-state index is -0.249. The van der Waals surface area contributed by atoms with Crippen molar-refractivity contribution in [3.8, 4) is 5.75 Å². The number of aromatic nitrogens is 1. The predicted octanol–water partition coefficient (Wildman–Crippen LogP) is 3.75. The number of nitrogens with one attached hydrogen (secondary N) is 1. The van der Waals surface area contributed by atoms with Gasteiger partial charge in [-0.05, 0) is 37.2 Å². The number of hydrogen-bond donors (Lipinski definition) is 1. The predicted molar refractivity (Wildman–Crippen MR) is 84.6 cm³/mol. The second kappa shape index (κ2) is 7.52. The molecule has 0 saturated heterocycles. The molecule has 0 aliphatic rings. The monoisotopic (exact) mass is 308 g/mol. The topological polar surface area (TPSA) is 34.1 Å². The van der Waals surface area contributed by atoms with Crippen LogP contribution in [0.4, 0.5) is 4.39 Å². The highest BCUT2D eigenvalue weighted by Crippen LogP contribution is 2.25. The standard InChI is InChI=1S/C16H21FN2OS/c1-11(2)16-14(10-18-3)21-15(19-16)8-9-20-13-6-4-12(17)5-7-13/h4-7,11,18H,8-10H2,1-3H3. The molecule has 3 nitrogen and oxygen atoms in total. The number of benzene rings is 1. The lowest BCUT2D eigenvalue weighted by molar-refractivity contribution is 0.321. The lowest BCUT2D eigenvalue weighted by Gasteiger charge is -2.04. The number of nitrogens with zero attached hydrogens (tertiary/aromatic N) is 1. The first kappa shape index (κ1) is 15.9. The Hall–Kier alpha value is -1.46. The first-order valence-corrected chi connectivity index (χ1v) is 7.93. The quantitative estimate of drug-likeness (QED) is 0.846. The van der Waals surface area contributed by atoms with Crippen LogP contribution in [0.5, 0.6) is 5.75 Å². The van der Waals surface area contributed by atoms with Gasteiger partial charge in [0, 0.05) is 17.8 Å². The lowest BCUT2D eigenvalue weighted by Crippen LogP contribution is -2.06. The maximum atomic E-state index is 12.8. The van der Waals surface area contributed by atoms with E-state index in [1.165, 1.54) is 22.7 Å². The zero-order chi connectivity index (χ0) is 15.2. The second-order valence-electron chi connectivity index (χ2n) is 5.15. The Bertz CT molecular complexity index is 566. The molecule has 0 aliphatic heterocycles. The Kier molecular flexibility index (Phi) is 5.70. The van der Waals surface area contributed by atoms with Gasteiger partial charge in [-0.3, -0.25) is 0 Å². The van der Waals surface area contributed by atoms with Crippen molar-refractivity contribution in [2.75, 3.05) is 13.7 Å². The summed E-state index contributed by atoms with van der Waals surface area (Å²) < 4.78 is 18.4. The number of thiazole rings is 1. The van der Waals surface area contributed by atoms with Crippen LogP contribution in [0.3, 0.4) is 0 Å².